The molecule has 2 N–H and O–H groups in total. The average Bonchev–Trinajstić information content (AvgIpc) is 2.19. The summed E-state index contributed by atoms with van der Waals surface area (Å²) in [4.78, 5) is 11.6. The summed E-state index contributed by atoms with van der Waals surface area (Å²) in [6.45, 7) is 5.36. The van der Waals surface area contributed by atoms with Gasteiger partial charge in [-0.25, -0.2) is 4.39 Å². The molecule has 0 radical (unpaired) electrons. The number of carbonyl (C=O) groups is 1. The number of ether oxygens (including phenoxy) is 1. The molecule has 4 heteroatoms. The molecular weight excluding hydrogens is 221 g/mol. The first kappa shape index (κ1) is 13.6. The van der Waals surface area contributed by atoms with Crippen LogP contribution in [0.1, 0.15) is 26.3 Å². The van der Waals surface area contributed by atoms with E-state index in [4.69, 9.17) is 10.5 Å². The first-order valence-corrected chi connectivity index (χ1v) is 5.51. The van der Waals surface area contributed by atoms with Crippen molar-refractivity contribution in [2.45, 2.75) is 38.8 Å². The number of hydrogen-bond acceptors (Lipinski definition) is 3. The van der Waals surface area contributed by atoms with Crippen molar-refractivity contribution in [3.8, 4) is 0 Å². The number of carbonyl (C=O) groups excluding carboxylic acids is 1. The zero-order valence-electron chi connectivity index (χ0n) is 10.4. The van der Waals surface area contributed by atoms with Gasteiger partial charge in [0.05, 0.1) is 0 Å². The van der Waals surface area contributed by atoms with Gasteiger partial charge in [-0.2, -0.15) is 0 Å². The normalized spacial score (nSPS) is 13.2. The second-order valence-corrected chi connectivity index (χ2v) is 4.97. The van der Waals surface area contributed by atoms with Crippen molar-refractivity contribution >= 4 is 5.97 Å². The van der Waals surface area contributed by atoms with E-state index in [1.54, 1.807) is 32.9 Å². The van der Waals surface area contributed by atoms with Crippen LogP contribution in [0.3, 0.4) is 0 Å². The van der Waals surface area contributed by atoms with Gasteiger partial charge < -0.3 is 10.5 Å². The van der Waals surface area contributed by atoms with Crippen LogP contribution in [0.5, 0.6) is 0 Å². The van der Waals surface area contributed by atoms with Gasteiger partial charge >= 0.3 is 5.97 Å². The van der Waals surface area contributed by atoms with E-state index < -0.39 is 17.6 Å². The number of rotatable bonds is 3. The van der Waals surface area contributed by atoms with Crippen molar-refractivity contribution < 1.29 is 13.9 Å². The summed E-state index contributed by atoms with van der Waals surface area (Å²) >= 11 is 0. The molecule has 0 aliphatic heterocycles. The predicted molar refractivity (Wildman–Crippen MR) is 63.9 cm³/mol. The lowest BCUT2D eigenvalue weighted by atomic mass is 10.1. The largest absolute Gasteiger partial charge is 0.459 e. The van der Waals surface area contributed by atoms with Crippen molar-refractivity contribution in [3.05, 3.63) is 35.6 Å². The van der Waals surface area contributed by atoms with E-state index in [0.717, 1.165) is 5.56 Å². The van der Waals surface area contributed by atoms with Crippen LogP contribution in [0, 0.1) is 5.82 Å². The fourth-order valence-electron chi connectivity index (χ4n) is 1.34. The van der Waals surface area contributed by atoms with Crippen LogP contribution >= 0.6 is 0 Å². The fourth-order valence-corrected chi connectivity index (χ4v) is 1.34. The van der Waals surface area contributed by atoms with Gasteiger partial charge in [0.15, 0.2) is 0 Å². The SMILES string of the molecule is CC(C)(C)OC(=O)C(N)Cc1ccc(F)cc1. The minimum Gasteiger partial charge on any atom is -0.459 e. The second-order valence-electron chi connectivity index (χ2n) is 4.97. The predicted octanol–water partition coefficient (Wildman–Crippen LogP) is 2.04. The second kappa shape index (κ2) is 5.27. The minimum atomic E-state index is -0.723. The molecule has 0 fully saturated rings. The number of halogens is 1. The third-order valence-electron chi connectivity index (χ3n) is 2.08. The molecule has 94 valence electrons. The lowest BCUT2D eigenvalue weighted by Crippen LogP contribution is -2.38. The summed E-state index contributed by atoms with van der Waals surface area (Å²) in [7, 11) is 0. The maximum Gasteiger partial charge on any atom is 0.323 e. The van der Waals surface area contributed by atoms with Crippen LogP contribution in [0.15, 0.2) is 24.3 Å². The highest BCUT2D eigenvalue weighted by Gasteiger charge is 2.22. The molecule has 0 bridgehead atoms. The minimum absolute atomic E-state index is 0.306. The topological polar surface area (TPSA) is 52.3 Å². The zero-order chi connectivity index (χ0) is 13.1. The van der Waals surface area contributed by atoms with Crippen LogP contribution < -0.4 is 5.73 Å². The first-order chi connectivity index (χ1) is 7.78. The Bertz CT molecular complexity index is 381. The molecular formula is C13H18FNO2. The van der Waals surface area contributed by atoms with Crippen LogP contribution in [-0.2, 0) is 16.0 Å². The fraction of sp³-hybridized carbons (Fsp3) is 0.462. The molecule has 1 aromatic rings. The summed E-state index contributed by atoms with van der Waals surface area (Å²) in [5, 5.41) is 0. The Morgan fingerprint density at radius 1 is 1.35 bits per heavy atom. The number of benzene rings is 1. The van der Waals surface area contributed by atoms with Crippen molar-refractivity contribution in [3.63, 3.8) is 0 Å². The standard InChI is InChI=1S/C13H18FNO2/c1-13(2,3)17-12(16)11(15)8-9-4-6-10(14)7-5-9/h4-7,11H,8,15H2,1-3H3. The molecule has 17 heavy (non-hydrogen) atoms. The summed E-state index contributed by atoms with van der Waals surface area (Å²) < 4.78 is 17.8. The molecule has 1 atom stereocenters. The molecule has 0 heterocycles. The van der Waals surface area contributed by atoms with E-state index in [0.29, 0.717) is 6.42 Å². The first-order valence-electron chi connectivity index (χ1n) is 5.51. The highest BCUT2D eigenvalue weighted by atomic mass is 19.1. The van der Waals surface area contributed by atoms with Crippen molar-refractivity contribution in [1.82, 2.24) is 0 Å². The molecule has 0 aromatic heterocycles. The molecule has 0 amide bonds. The lowest BCUT2D eigenvalue weighted by molar-refractivity contribution is -0.156. The van der Waals surface area contributed by atoms with Gasteiger partial charge in [0.25, 0.3) is 0 Å². The molecule has 1 unspecified atom stereocenters. The monoisotopic (exact) mass is 239 g/mol. The molecule has 0 saturated carbocycles. The summed E-state index contributed by atoms with van der Waals surface area (Å²) in [6, 6.07) is 5.19. The number of esters is 1. The Kier molecular flexibility index (Phi) is 4.23. The molecule has 3 nitrogen and oxygen atoms in total. The lowest BCUT2D eigenvalue weighted by Gasteiger charge is -2.22. The maximum absolute atomic E-state index is 12.7. The van der Waals surface area contributed by atoms with Crippen LogP contribution in [-0.4, -0.2) is 17.6 Å². The number of nitrogens with two attached hydrogens (primary N) is 1. The molecule has 0 aliphatic carbocycles. The molecule has 0 saturated heterocycles. The molecule has 0 spiro atoms. The summed E-state index contributed by atoms with van der Waals surface area (Å²) in [5.41, 5.74) is 5.99. The Morgan fingerprint density at radius 2 is 1.88 bits per heavy atom. The van der Waals surface area contributed by atoms with Crippen molar-refractivity contribution in [2.24, 2.45) is 5.73 Å². The van der Waals surface area contributed by atoms with Gasteiger partial charge in [-0.15, -0.1) is 0 Å². The summed E-state index contributed by atoms with van der Waals surface area (Å²) in [5.74, 6) is -0.749. The van der Waals surface area contributed by atoms with Gasteiger partial charge in [0.1, 0.15) is 17.5 Å². The van der Waals surface area contributed by atoms with Gasteiger partial charge in [-0.3, -0.25) is 4.79 Å². The van der Waals surface area contributed by atoms with Gasteiger partial charge in [0.2, 0.25) is 0 Å². The highest BCUT2D eigenvalue weighted by Crippen LogP contribution is 2.10. The van der Waals surface area contributed by atoms with E-state index in [1.807, 2.05) is 0 Å². The van der Waals surface area contributed by atoms with E-state index in [1.165, 1.54) is 12.1 Å². The van der Waals surface area contributed by atoms with E-state index in [2.05, 4.69) is 0 Å². The third-order valence-corrected chi connectivity index (χ3v) is 2.08. The highest BCUT2D eigenvalue weighted by molar-refractivity contribution is 5.76. The molecule has 1 aromatic carbocycles. The quantitative estimate of drug-likeness (QED) is 0.821. The van der Waals surface area contributed by atoms with Crippen LogP contribution in [0.2, 0.25) is 0 Å². The van der Waals surface area contributed by atoms with Gasteiger partial charge in [-0.1, -0.05) is 12.1 Å². The zero-order valence-corrected chi connectivity index (χ0v) is 10.4. The van der Waals surface area contributed by atoms with Crippen LogP contribution in [0.4, 0.5) is 4.39 Å². The van der Waals surface area contributed by atoms with Crippen molar-refractivity contribution in [1.29, 1.82) is 0 Å². The molecule has 1 rings (SSSR count). The van der Waals surface area contributed by atoms with Crippen molar-refractivity contribution in [2.75, 3.05) is 0 Å². The maximum atomic E-state index is 12.7. The smallest absolute Gasteiger partial charge is 0.323 e. The summed E-state index contributed by atoms with van der Waals surface area (Å²) in [6.07, 6.45) is 0.342. The average molecular weight is 239 g/mol. The van der Waals surface area contributed by atoms with Gasteiger partial charge in [0, 0.05) is 0 Å². The Balaban J connectivity index is 2.57. The molecule has 0 aliphatic rings. The Morgan fingerprint density at radius 3 is 2.35 bits per heavy atom. The Labute approximate surface area is 101 Å². The van der Waals surface area contributed by atoms with E-state index in [-0.39, 0.29) is 5.82 Å². The van der Waals surface area contributed by atoms with E-state index in [9.17, 15) is 9.18 Å². The number of hydrogen-bond donors (Lipinski definition) is 1. The van der Waals surface area contributed by atoms with Crippen LogP contribution in [0.25, 0.3) is 0 Å². The third kappa shape index (κ3) is 4.95. The van der Waals surface area contributed by atoms with Gasteiger partial charge in [-0.05, 0) is 44.9 Å². The van der Waals surface area contributed by atoms with E-state index >= 15 is 0 Å². The Hall–Kier alpha value is -1.42.